The van der Waals surface area contributed by atoms with Gasteiger partial charge in [-0.15, -0.1) is 0 Å². The summed E-state index contributed by atoms with van der Waals surface area (Å²) >= 11 is 0. The number of carboxylic acids is 1. The topological polar surface area (TPSA) is 89.4 Å². The molecule has 0 aliphatic heterocycles. The first-order valence-corrected chi connectivity index (χ1v) is 5.21. The minimum Gasteiger partial charge on any atom is -0.475 e. The van der Waals surface area contributed by atoms with Crippen LogP contribution in [0.3, 0.4) is 0 Å². The van der Waals surface area contributed by atoms with E-state index in [1.807, 2.05) is 13.8 Å². The van der Waals surface area contributed by atoms with Gasteiger partial charge in [-0.25, -0.2) is 14.8 Å². The van der Waals surface area contributed by atoms with Gasteiger partial charge < -0.3 is 13.9 Å². The quantitative estimate of drug-likeness (QED) is 0.881. The fourth-order valence-electron chi connectivity index (χ4n) is 1.11. The molecule has 17 heavy (non-hydrogen) atoms. The van der Waals surface area contributed by atoms with Crippen molar-refractivity contribution < 1.29 is 18.7 Å². The van der Waals surface area contributed by atoms with E-state index in [0.717, 1.165) is 18.5 Å². The molecular formula is C11H14N2O4. The molecular weight excluding hydrogens is 224 g/mol. The third kappa shape index (κ3) is 3.75. The van der Waals surface area contributed by atoms with Gasteiger partial charge in [0.15, 0.2) is 12.8 Å². The van der Waals surface area contributed by atoms with Crippen molar-refractivity contribution in [1.29, 1.82) is 0 Å². The Balaban J connectivity index is 0.000000181. The lowest BCUT2D eigenvalue weighted by molar-refractivity contribution is 0.0661. The Morgan fingerprint density at radius 3 is 2.41 bits per heavy atom. The maximum Gasteiger partial charge on any atom is 0.373 e. The normalized spacial score (nSPS) is 9.53. The van der Waals surface area contributed by atoms with Gasteiger partial charge >= 0.3 is 5.97 Å². The summed E-state index contributed by atoms with van der Waals surface area (Å²) in [4.78, 5) is 17.9. The van der Waals surface area contributed by atoms with Crippen molar-refractivity contribution in [2.24, 2.45) is 0 Å². The van der Waals surface area contributed by atoms with Gasteiger partial charge in [-0.1, -0.05) is 13.8 Å². The monoisotopic (exact) mass is 238 g/mol. The fraction of sp³-hybridized carbons (Fsp3) is 0.364. The number of hydrogen-bond donors (Lipinski definition) is 1. The highest BCUT2D eigenvalue weighted by Gasteiger charge is 2.12. The van der Waals surface area contributed by atoms with Gasteiger partial charge in [0.1, 0.15) is 6.26 Å². The number of carbonyl (C=O) groups is 1. The molecule has 6 heteroatoms. The van der Waals surface area contributed by atoms with Crippen LogP contribution in [0.25, 0.3) is 0 Å². The predicted octanol–water partition coefficient (Wildman–Crippen LogP) is 2.17. The maximum absolute atomic E-state index is 10.3. The molecule has 92 valence electrons. The molecule has 0 aliphatic rings. The molecule has 1 N–H and O–H groups in total. The van der Waals surface area contributed by atoms with Gasteiger partial charge in [0.2, 0.25) is 5.76 Å². The summed E-state index contributed by atoms with van der Waals surface area (Å²) in [5, 5.41) is 8.45. The Labute approximate surface area is 98.3 Å². The number of hydrogen-bond acceptors (Lipinski definition) is 5. The second-order valence-electron chi connectivity index (χ2n) is 3.12. The molecule has 0 aromatic carbocycles. The number of oxazole rings is 2. The van der Waals surface area contributed by atoms with E-state index >= 15 is 0 Å². The Morgan fingerprint density at radius 1 is 1.29 bits per heavy atom. The molecule has 2 heterocycles. The largest absolute Gasteiger partial charge is 0.475 e. The van der Waals surface area contributed by atoms with Crippen LogP contribution >= 0.6 is 0 Å². The van der Waals surface area contributed by atoms with Gasteiger partial charge in [-0.05, 0) is 12.8 Å². The zero-order chi connectivity index (χ0) is 12.7. The summed E-state index contributed by atoms with van der Waals surface area (Å²) in [5.41, 5.74) is 1.51. The maximum atomic E-state index is 10.3. The molecule has 0 saturated carbocycles. The summed E-state index contributed by atoms with van der Waals surface area (Å²) < 4.78 is 9.30. The minimum absolute atomic E-state index is 0.0532. The lowest BCUT2D eigenvalue weighted by atomic mass is 10.3. The summed E-state index contributed by atoms with van der Waals surface area (Å²) in [6, 6.07) is 0. The third-order valence-electron chi connectivity index (χ3n) is 2.02. The number of rotatable bonds is 3. The fourth-order valence-corrected chi connectivity index (χ4v) is 1.11. The second kappa shape index (κ2) is 6.47. The third-order valence-corrected chi connectivity index (χ3v) is 2.02. The van der Waals surface area contributed by atoms with E-state index in [1.165, 1.54) is 6.39 Å². The van der Waals surface area contributed by atoms with Crippen LogP contribution in [0.4, 0.5) is 0 Å². The van der Waals surface area contributed by atoms with Crippen molar-refractivity contribution >= 4 is 5.97 Å². The van der Waals surface area contributed by atoms with Gasteiger partial charge in [0.05, 0.1) is 11.4 Å². The van der Waals surface area contributed by atoms with E-state index in [4.69, 9.17) is 9.52 Å². The molecule has 0 unspecified atom stereocenters. The van der Waals surface area contributed by atoms with Crippen LogP contribution < -0.4 is 0 Å². The Hall–Kier alpha value is -2.11. The van der Waals surface area contributed by atoms with Crippen molar-refractivity contribution in [3.8, 4) is 0 Å². The van der Waals surface area contributed by atoms with E-state index in [-0.39, 0.29) is 5.76 Å². The van der Waals surface area contributed by atoms with Gasteiger partial charge in [0, 0.05) is 0 Å². The highest BCUT2D eigenvalue weighted by Crippen LogP contribution is 2.06. The second-order valence-corrected chi connectivity index (χ2v) is 3.12. The van der Waals surface area contributed by atoms with Crippen molar-refractivity contribution in [3.05, 3.63) is 36.2 Å². The molecule has 0 bridgehead atoms. The van der Waals surface area contributed by atoms with E-state index in [1.54, 1.807) is 6.26 Å². The first-order valence-electron chi connectivity index (χ1n) is 5.21. The number of nitrogens with zero attached hydrogens (tertiary/aromatic N) is 2. The number of aryl methyl sites for hydroxylation is 2. The van der Waals surface area contributed by atoms with Crippen molar-refractivity contribution in [1.82, 2.24) is 9.97 Å². The smallest absolute Gasteiger partial charge is 0.373 e. The summed E-state index contributed by atoms with van der Waals surface area (Å²) in [7, 11) is 0. The van der Waals surface area contributed by atoms with Gasteiger partial charge in [-0.3, -0.25) is 0 Å². The summed E-state index contributed by atoms with van der Waals surface area (Å²) in [6.45, 7) is 3.86. The highest BCUT2D eigenvalue weighted by atomic mass is 16.4. The molecule has 2 aromatic heterocycles. The molecule has 0 aliphatic carbocycles. The number of carboxylic acid groups (broad SMARTS) is 1. The Bertz CT molecular complexity index is 448. The lowest BCUT2D eigenvalue weighted by Gasteiger charge is -1.87. The standard InChI is InChI=1S/C6H7NO3.C5H7NO/c1-2-4-5(6(8)9)10-3-7-4;1-2-5-3-7-4-6-5/h3H,2H2,1H3,(H,8,9);3-4H,2H2,1H3. The molecule has 6 nitrogen and oxygen atoms in total. The average Bonchev–Trinajstić information content (AvgIpc) is 3.00. The van der Waals surface area contributed by atoms with Crippen LogP contribution in [-0.2, 0) is 12.8 Å². The molecule has 2 aromatic rings. The average molecular weight is 238 g/mol. The summed E-state index contributed by atoms with van der Waals surface area (Å²) in [5.74, 6) is -1.11. The van der Waals surface area contributed by atoms with Crippen LogP contribution in [0.1, 0.15) is 35.8 Å². The minimum atomic E-state index is -1.06. The highest BCUT2D eigenvalue weighted by molar-refractivity contribution is 5.85. The molecule has 0 atom stereocenters. The van der Waals surface area contributed by atoms with Crippen LogP contribution in [0.2, 0.25) is 0 Å². The molecule has 2 rings (SSSR count). The van der Waals surface area contributed by atoms with Crippen LogP contribution in [0.5, 0.6) is 0 Å². The van der Waals surface area contributed by atoms with Gasteiger partial charge in [-0.2, -0.15) is 0 Å². The summed E-state index contributed by atoms with van der Waals surface area (Å²) in [6.07, 6.45) is 5.77. The van der Waals surface area contributed by atoms with Crippen LogP contribution in [0.15, 0.2) is 27.9 Å². The zero-order valence-corrected chi connectivity index (χ0v) is 9.71. The molecule has 0 fully saturated rings. The number of aromatic carboxylic acids is 1. The Kier molecular flexibility index (Phi) is 4.93. The van der Waals surface area contributed by atoms with E-state index in [9.17, 15) is 4.79 Å². The Morgan fingerprint density at radius 2 is 2.06 bits per heavy atom. The van der Waals surface area contributed by atoms with Crippen LogP contribution in [-0.4, -0.2) is 21.0 Å². The number of aromatic nitrogens is 2. The predicted molar refractivity (Wildman–Crippen MR) is 58.7 cm³/mol. The van der Waals surface area contributed by atoms with Crippen molar-refractivity contribution in [2.75, 3.05) is 0 Å². The first kappa shape index (κ1) is 13.0. The SMILES string of the molecule is CCc1cocn1.CCc1ncoc1C(=O)O. The van der Waals surface area contributed by atoms with Gasteiger partial charge in [0.25, 0.3) is 0 Å². The van der Waals surface area contributed by atoms with Crippen LogP contribution in [0, 0.1) is 0 Å². The molecule has 0 spiro atoms. The van der Waals surface area contributed by atoms with E-state index < -0.39 is 5.97 Å². The van der Waals surface area contributed by atoms with E-state index in [2.05, 4.69) is 14.4 Å². The first-order chi connectivity index (χ1) is 8.19. The molecule has 0 radical (unpaired) electrons. The molecule has 0 saturated heterocycles. The molecule has 0 amide bonds. The van der Waals surface area contributed by atoms with Crippen molar-refractivity contribution in [3.63, 3.8) is 0 Å². The zero-order valence-electron chi connectivity index (χ0n) is 9.71. The lowest BCUT2D eigenvalue weighted by Crippen LogP contribution is -1.98. The van der Waals surface area contributed by atoms with E-state index in [0.29, 0.717) is 12.1 Å². The van der Waals surface area contributed by atoms with Crippen molar-refractivity contribution in [2.45, 2.75) is 26.7 Å².